The lowest BCUT2D eigenvalue weighted by Gasteiger charge is -2.26. The highest BCUT2D eigenvalue weighted by atomic mass is 19.4. The first-order chi connectivity index (χ1) is 17.1. The predicted octanol–water partition coefficient (Wildman–Crippen LogP) is 5.21. The molecule has 2 aromatic carbocycles. The van der Waals surface area contributed by atoms with E-state index in [1.807, 2.05) is 0 Å². The van der Waals surface area contributed by atoms with Gasteiger partial charge >= 0.3 is 6.18 Å². The second kappa shape index (κ2) is 10.4. The van der Waals surface area contributed by atoms with Crippen LogP contribution in [-0.2, 0) is 15.7 Å². The Balaban J connectivity index is 1.64. The molecule has 0 saturated carbocycles. The zero-order valence-corrected chi connectivity index (χ0v) is 19.7. The van der Waals surface area contributed by atoms with Gasteiger partial charge in [0.25, 0.3) is 0 Å². The van der Waals surface area contributed by atoms with E-state index in [1.54, 1.807) is 19.1 Å². The van der Waals surface area contributed by atoms with E-state index in [4.69, 9.17) is 18.9 Å². The number of hydrogen-bond acceptors (Lipinski definition) is 7. The number of fused-ring (bicyclic) bond motifs is 1. The van der Waals surface area contributed by atoms with E-state index >= 15 is 0 Å². The molecular formula is C24H24F5N3O4. The summed E-state index contributed by atoms with van der Waals surface area (Å²) in [5.41, 5.74) is -1.71. The van der Waals surface area contributed by atoms with Gasteiger partial charge in [-0.25, -0.2) is 18.7 Å². The molecule has 12 heteroatoms. The van der Waals surface area contributed by atoms with Gasteiger partial charge < -0.3 is 24.3 Å². The maximum Gasteiger partial charge on any atom is 0.419 e. The normalized spacial score (nSPS) is 15.0. The second-order valence-electron chi connectivity index (χ2n) is 8.24. The van der Waals surface area contributed by atoms with Crippen molar-refractivity contribution in [2.75, 3.05) is 38.9 Å². The number of rotatable bonds is 9. The molecule has 1 atom stereocenters. The Labute approximate surface area is 203 Å². The third kappa shape index (κ3) is 5.59. The number of anilines is 1. The van der Waals surface area contributed by atoms with Gasteiger partial charge in [0.2, 0.25) is 0 Å². The molecule has 1 saturated heterocycles. The minimum atomic E-state index is -5.04. The molecule has 2 heterocycles. The van der Waals surface area contributed by atoms with Crippen molar-refractivity contribution >= 4 is 16.7 Å². The summed E-state index contributed by atoms with van der Waals surface area (Å²) >= 11 is 0. The van der Waals surface area contributed by atoms with E-state index in [-0.39, 0.29) is 24.6 Å². The predicted molar refractivity (Wildman–Crippen MR) is 120 cm³/mol. The van der Waals surface area contributed by atoms with Crippen molar-refractivity contribution in [1.29, 1.82) is 0 Å². The maximum atomic E-state index is 14.7. The molecule has 36 heavy (non-hydrogen) atoms. The quantitative estimate of drug-likeness (QED) is 0.311. The number of halogens is 5. The van der Waals surface area contributed by atoms with E-state index in [9.17, 15) is 22.0 Å². The second-order valence-corrected chi connectivity index (χ2v) is 8.24. The summed E-state index contributed by atoms with van der Waals surface area (Å²) in [5, 5.41) is 3.34. The first kappa shape index (κ1) is 25.8. The molecule has 3 aromatic rings. The van der Waals surface area contributed by atoms with Crippen molar-refractivity contribution in [2.45, 2.75) is 32.2 Å². The van der Waals surface area contributed by atoms with Crippen LogP contribution in [0.15, 0.2) is 24.3 Å². The Morgan fingerprint density at radius 2 is 1.83 bits per heavy atom. The monoisotopic (exact) mass is 513 g/mol. The third-order valence-corrected chi connectivity index (χ3v) is 5.59. The van der Waals surface area contributed by atoms with E-state index in [0.29, 0.717) is 48.0 Å². The molecule has 7 nitrogen and oxygen atoms in total. The first-order valence-electron chi connectivity index (χ1n) is 11.1. The number of nitrogens with one attached hydrogen (secondary N) is 1. The highest BCUT2D eigenvalue weighted by molar-refractivity contribution is 5.92. The number of alkyl halides is 3. The SMILES string of the molecule is COc1cc2nc(C)nc(N[C@H](C)c3cc(F)cc(C(F)(F)F)c3F)c2cc1OCCOC1COC1. The molecule has 0 spiro atoms. The van der Waals surface area contributed by atoms with Gasteiger partial charge in [-0.2, -0.15) is 13.2 Å². The van der Waals surface area contributed by atoms with E-state index in [1.165, 1.54) is 14.0 Å². The highest BCUT2D eigenvalue weighted by Crippen LogP contribution is 2.38. The molecule has 1 N–H and O–H groups in total. The van der Waals surface area contributed by atoms with Gasteiger partial charge in [0.1, 0.15) is 36.0 Å². The van der Waals surface area contributed by atoms with Gasteiger partial charge in [-0.15, -0.1) is 0 Å². The van der Waals surface area contributed by atoms with Crippen LogP contribution in [0.1, 0.15) is 29.9 Å². The Bertz CT molecular complexity index is 1250. The van der Waals surface area contributed by atoms with Crippen molar-refractivity contribution in [3.05, 3.63) is 52.9 Å². The van der Waals surface area contributed by atoms with Crippen molar-refractivity contribution in [2.24, 2.45) is 0 Å². The highest BCUT2D eigenvalue weighted by Gasteiger charge is 2.36. The molecular weight excluding hydrogens is 489 g/mol. The summed E-state index contributed by atoms with van der Waals surface area (Å²) < 4.78 is 90.0. The molecule has 0 amide bonds. The van der Waals surface area contributed by atoms with Gasteiger partial charge in [-0.05, 0) is 32.0 Å². The number of aryl methyl sites for hydroxylation is 1. The molecule has 1 aliphatic heterocycles. The number of aromatic nitrogens is 2. The molecule has 0 radical (unpaired) electrons. The van der Waals surface area contributed by atoms with Gasteiger partial charge in [0.15, 0.2) is 11.5 Å². The summed E-state index contributed by atoms with van der Waals surface area (Å²) in [6, 6.07) is 3.03. The Morgan fingerprint density at radius 3 is 2.47 bits per heavy atom. The van der Waals surface area contributed by atoms with Crippen molar-refractivity contribution in [3.63, 3.8) is 0 Å². The minimum absolute atomic E-state index is 0.0434. The van der Waals surface area contributed by atoms with Crippen LogP contribution in [0.5, 0.6) is 11.5 Å². The van der Waals surface area contributed by atoms with Crippen molar-refractivity contribution in [1.82, 2.24) is 9.97 Å². The van der Waals surface area contributed by atoms with Gasteiger partial charge in [-0.1, -0.05) is 0 Å². The first-order valence-corrected chi connectivity index (χ1v) is 11.1. The van der Waals surface area contributed by atoms with Crippen LogP contribution >= 0.6 is 0 Å². The Morgan fingerprint density at radius 1 is 1.08 bits per heavy atom. The Kier molecular flexibility index (Phi) is 7.46. The molecule has 0 aliphatic carbocycles. The summed E-state index contributed by atoms with van der Waals surface area (Å²) in [7, 11) is 1.47. The molecule has 0 bridgehead atoms. The topological polar surface area (TPSA) is 74.7 Å². The van der Waals surface area contributed by atoms with Crippen LogP contribution in [0.3, 0.4) is 0 Å². The maximum absolute atomic E-state index is 14.7. The van der Waals surface area contributed by atoms with E-state index < -0.39 is 35.0 Å². The average molecular weight is 513 g/mol. The van der Waals surface area contributed by atoms with Crippen LogP contribution in [0.4, 0.5) is 27.8 Å². The molecule has 0 unspecified atom stereocenters. The van der Waals surface area contributed by atoms with Crippen molar-refractivity contribution in [3.8, 4) is 11.5 Å². The fraction of sp³-hybridized carbons (Fsp3) is 0.417. The number of hydrogen-bond donors (Lipinski definition) is 1. The van der Waals surface area contributed by atoms with Crippen LogP contribution in [-0.4, -0.2) is 49.6 Å². The van der Waals surface area contributed by atoms with Crippen LogP contribution in [0.25, 0.3) is 10.9 Å². The fourth-order valence-corrected chi connectivity index (χ4v) is 3.73. The summed E-state index contributed by atoms with van der Waals surface area (Å²) in [6.07, 6.45) is -5.00. The number of benzene rings is 2. The van der Waals surface area contributed by atoms with Crippen LogP contribution in [0, 0.1) is 18.6 Å². The molecule has 194 valence electrons. The lowest BCUT2D eigenvalue weighted by molar-refractivity contribution is -0.140. The van der Waals surface area contributed by atoms with Gasteiger partial charge in [0.05, 0.1) is 44.1 Å². The molecule has 4 rings (SSSR count). The van der Waals surface area contributed by atoms with Crippen molar-refractivity contribution < 1.29 is 40.9 Å². The molecule has 1 aliphatic rings. The largest absolute Gasteiger partial charge is 0.493 e. The average Bonchev–Trinajstić information content (AvgIpc) is 2.77. The lowest BCUT2D eigenvalue weighted by atomic mass is 10.0. The fourth-order valence-electron chi connectivity index (χ4n) is 3.73. The number of ether oxygens (including phenoxy) is 4. The zero-order chi connectivity index (χ0) is 26.0. The molecule has 1 aromatic heterocycles. The minimum Gasteiger partial charge on any atom is -0.493 e. The van der Waals surface area contributed by atoms with E-state index in [2.05, 4.69) is 15.3 Å². The lowest BCUT2D eigenvalue weighted by Crippen LogP contribution is -2.37. The molecule has 1 fully saturated rings. The Hall–Kier alpha value is -3.25. The van der Waals surface area contributed by atoms with Crippen LogP contribution in [0.2, 0.25) is 0 Å². The summed E-state index contributed by atoms with van der Waals surface area (Å²) in [4.78, 5) is 8.70. The smallest absolute Gasteiger partial charge is 0.419 e. The summed E-state index contributed by atoms with van der Waals surface area (Å²) in [5.74, 6) is -1.44. The van der Waals surface area contributed by atoms with Crippen LogP contribution < -0.4 is 14.8 Å². The number of nitrogens with zero attached hydrogens (tertiary/aromatic N) is 2. The third-order valence-electron chi connectivity index (χ3n) is 5.59. The zero-order valence-electron chi connectivity index (χ0n) is 19.7. The summed E-state index contributed by atoms with van der Waals surface area (Å²) in [6.45, 7) is 4.65. The standard InChI is InChI=1S/C24H24F5N3O4/c1-12(16-6-14(25)7-18(22(16)26)24(27,28)29)30-23-17-8-21(36-5-4-35-15-10-34-11-15)20(33-3)9-19(17)31-13(2)32-23/h6-9,12,15H,4-5,10-11H2,1-3H3,(H,30,31,32)/t12-/m1/s1. The van der Waals surface area contributed by atoms with Gasteiger partial charge in [-0.3, -0.25) is 0 Å². The van der Waals surface area contributed by atoms with E-state index in [0.717, 1.165) is 6.07 Å². The van der Waals surface area contributed by atoms with Gasteiger partial charge in [0, 0.05) is 17.0 Å². The number of methoxy groups -OCH3 is 1.